The molecule has 1 aliphatic heterocycles. The fraction of sp³-hybridized carbons (Fsp3) is 0.292. The van der Waals surface area contributed by atoms with Gasteiger partial charge in [-0.1, -0.05) is 48.5 Å². The maximum absolute atomic E-state index is 12.4. The molecule has 4 rings (SSSR count). The van der Waals surface area contributed by atoms with Crippen LogP contribution in [0.3, 0.4) is 0 Å². The number of aromatic nitrogens is 2. The predicted molar refractivity (Wildman–Crippen MR) is 117 cm³/mol. The lowest BCUT2D eigenvalue weighted by molar-refractivity contribution is -0.121. The van der Waals surface area contributed by atoms with E-state index < -0.39 is 0 Å². The standard InChI is InChI=1S/C24H26N4O3/c1-31-22-10-6-5-9-18(22)11-12-23(29)26-19-13-20-14-21(27-28(20)16-19)24(30)25-15-17-7-3-2-4-8-17/h2-10,14,19H,11-13,15-16H2,1H3,(H,25,30)(H,26,29). The molecule has 2 N–H and O–H groups in total. The van der Waals surface area contributed by atoms with E-state index in [4.69, 9.17) is 4.74 Å². The quantitative estimate of drug-likeness (QED) is 0.589. The van der Waals surface area contributed by atoms with Crippen molar-refractivity contribution in [2.24, 2.45) is 0 Å². The van der Waals surface area contributed by atoms with Gasteiger partial charge in [0.05, 0.1) is 19.7 Å². The van der Waals surface area contributed by atoms with Gasteiger partial charge in [0.1, 0.15) is 11.4 Å². The number of nitrogens with zero attached hydrogens (tertiary/aromatic N) is 2. The summed E-state index contributed by atoms with van der Waals surface area (Å²) < 4.78 is 7.15. The van der Waals surface area contributed by atoms with E-state index >= 15 is 0 Å². The van der Waals surface area contributed by atoms with Gasteiger partial charge in [-0.2, -0.15) is 5.10 Å². The Balaban J connectivity index is 1.25. The van der Waals surface area contributed by atoms with Crippen LogP contribution in [0.15, 0.2) is 60.7 Å². The summed E-state index contributed by atoms with van der Waals surface area (Å²) in [5.74, 6) is 0.611. The van der Waals surface area contributed by atoms with Crippen LogP contribution in [-0.2, 0) is 30.7 Å². The molecule has 1 aromatic heterocycles. The Morgan fingerprint density at radius 3 is 2.68 bits per heavy atom. The topological polar surface area (TPSA) is 85.2 Å². The molecule has 0 saturated heterocycles. The van der Waals surface area contributed by atoms with Crippen LogP contribution in [-0.4, -0.2) is 34.7 Å². The molecule has 1 unspecified atom stereocenters. The van der Waals surface area contributed by atoms with Crippen molar-refractivity contribution in [1.82, 2.24) is 20.4 Å². The van der Waals surface area contributed by atoms with Crippen LogP contribution in [0.1, 0.15) is 33.7 Å². The Labute approximate surface area is 181 Å². The Kier molecular flexibility index (Phi) is 6.31. The lowest BCUT2D eigenvalue weighted by Crippen LogP contribution is -2.36. The Morgan fingerprint density at radius 2 is 1.90 bits per heavy atom. The molecule has 3 aromatic rings. The second-order valence-corrected chi connectivity index (χ2v) is 7.65. The largest absolute Gasteiger partial charge is 0.496 e. The molecular weight excluding hydrogens is 392 g/mol. The number of aryl methyl sites for hydroxylation is 1. The van der Waals surface area contributed by atoms with Crippen molar-refractivity contribution in [3.63, 3.8) is 0 Å². The zero-order chi connectivity index (χ0) is 21.6. The van der Waals surface area contributed by atoms with Crippen LogP contribution in [0, 0.1) is 0 Å². The van der Waals surface area contributed by atoms with E-state index in [1.807, 2.05) is 59.3 Å². The summed E-state index contributed by atoms with van der Waals surface area (Å²) in [7, 11) is 1.63. The van der Waals surface area contributed by atoms with Gasteiger partial charge in [0.25, 0.3) is 5.91 Å². The smallest absolute Gasteiger partial charge is 0.272 e. The third-order valence-electron chi connectivity index (χ3n) is 5.42. The summed E-state index contributed by atoms with van der Waals surface area (Å²) in [6, 6.07) is 19.3. The maximum Gasteiger partial charge on any atom is 0.272 e. The summed E-state index contributed by atoms with van der Waals surface area (Å²) in [6.45, 7) is 1.04. The van der Waals surface area contributed by atoms with E-state index in [1.54, 1.807) is 13.2 Å². The van der Waals surface area contributed by atoms with E-state index in [9.17, 15) is 9.59 Å². The highest BCUT2D eigenvalue weighted by molar-refractivity contribution is 5.92. The Bertz CT molecular complexity index is 1040. The molecule has 160 valence electrons. The van der Waals surface area contributed by atoms with Crippen LogP contribution in [0.4, 0.5) is 0 Å². The third kappa shape index (κ3) is 5.12. The number of hydrogen-bond donors (Lipinski definition) is 2. The first-order valence-electron chi connectivity index (χ1n) is 10.4. The van der Waals surface area contributed by atoms with Gasteiger partial charge in [0.15, 0.2) is 0 Å². The van der Waals surface area contributed by atoms with Gasteiger partial charge in [-0.05, 0) is 29.7 Å². The first-order chi connectivity index (χ1) is 15.1. The highest BCUT2D eigenvalue weighted by Crippen LogP contribution is 2.20. The molecule has 31 heavy (non-hydrogen) atoms. The number of ether oxygens (including phenoxy) is 1. The molecule has 7 nitrogen and oxygen atoms in total. The van der Waals surface area contributed by atoms with Gasteiger partial charge in [0.2, 0.25) is 5.91 Å². The zero-order valence-corrected chi connectivity index (χ0v) is 17.5. The monoisotopic (exact) mass is 418 g/mol. The summed E-state index contributed by atoms with van der Waals surface area (Å²) >= 11 is 0. The minimum Gasteiger partial charge on any atom is -0.496 e. The summed E-state index contributed by atoms with van der Waals surface area (Å²) in [5.41, 5.74) is 3.43. The van der Waals surface area contributed by atoms with E-state index in [0.717, 1.165) is 22.6 Å². The van der Waals surface area contributed by atoms with Crippen molar-refractivity contribution in [1.29, 1.82) is 0 Å². The number of carbonyl (C=O) groups is 2. The molecule has 1 aliphatic rings. The minimum atomic E-state index is -0.192. The zero-order valence-electron chi connectivity index (χ0n) is 17.5. The Hall–Kier alpha value is -3.61. The number of hydrogen-bond acceptors (Lipinski definition) is 4. The average Bonchev–Trinajstić information content (AvgIpc) is 3.35. The van der Waals surface area contributed by atoms with Crippen molar-refractivity contribution >= 4 is 11.8 Å². The number of carbonyl (C=O) groups excluding carboxylic acids is 2. The summed E-state index contributed by atoms with van der Waals surface area (Å²) in [5, 5.41) is 10.4. The van der Waals surface area contributed by atoms with Crippen LogP contribution in [0.2, 0.25) is 0 Å². The number of rotatable bonds is 8. The van der Waals surface area contributed by atoms with Crippen LogP contribution in [0.5, 0.6) is 5.75 Å². The van der Waals surface area contributed by atoms with Gasteiger partial charge in [-0.25, -0.2) is 0 Å². The van der Waals surface area contributed by atoms with Crippen molar-refractivity contribution in [3.8, 4) is 5.75 Å². The van der Waals surface area contributed by atoms with Crippen LogP contribution < -0.4 is 15.4 Å². The maximum atomic E-state index is 12.4. The van der Waals surface area contributed by atoms with E-state index in [-0.39, 0.29) is 17.9 Å². The van der Waals surface area contributed by atoms with E-state index in [1.165, 1.54) is 0 Å². The molecule has 7 heteroatoms. The van der Waals surface area contributed by atoms with Crippen molar-refractivity contribution in [3.05, 3.63) is 83.2 Å². The molecule has 0 saturated carbocycles. The minimum absolute atomic E-state index is 0.00230. The molecule has 2 aromatic carbocycles. The molecular formula is C24H26N4O3. The molecule has 0 fully saturated rings. The molecule has 0 spiro atoms. The first kappa shape index (κ1) is 20.7. The first-order valence-corrected chi connectivity index (χ1v) is 10.4. The number of fused-ring (bicyclic) bond motifs is 1. The normalized spacial score (nSPS) is 14.7. The second kappa shape index (κ2) is 9.47. The molecule has 2 amide bonds. The van der Waals surface area contributed by atoms with Crippen molar-refractivity contribution in [2.75, 3.05) is 7.11 Å². The molecule has 2 heterocycles. The van der Waals surface area contributed by atoms with Crippen molar-refractivity contribution < 1.29 is 14.3 Å². The molecule has 1 atom stereocenters. The lowest BCUT2D eigenvalue weighted by atomic mass is 10.1. The van der Waals surface area contributed by atoms with Crippen LogP contribution in [0.25, 0.3) is 0 Å². The summed E-state index contributed by atoms with van der Waals surface area (Å²) in [4.78, 5) is 24.8. The predicted octanol–water partition coefficient (Wildman–Crippen LogP) is 2.50. The number of para-hydroxylation sites is 1. The van der Waals surface area contributed by atoms with Gasteiger partial charge in [-0.15, -0.1) is 0 Å². The highest BCUT2D eigenvalue weighted by atomic mass is 16.5. The lowest BCUT2D eigenvalue weighted by Gasteiger charge is -2.12. The Morgan fingerprint density at radius 1 is 1.13 bits per heavy atom. The summed E-state index contributed by atoms with van der Waals surface area (Å²) in [6.07, 6.45) is 1.69. The average molecular weight is 418 g/mol. The molecule has 0 aliphatic carbocycles. The molecule has 0 bridgehead atoms. The van der Waals surface area contributed by atoms with Gasteiger partial charge in [-0.3, -0.25) is 14.3 Å². The van der Waals surface area contributed by atoms with E-state index in [2.05, 4.69) is 15.7 Å². The fourth-order valence-electron chi connectivity index (χ4n) is 3.84. The van der Waals surface area contributed by atoms with Crippen molar-refractivity contribution in [2.45, 2.75) is 38.4 Å². The van der Waals surface area contributed by atoms with E-state index in [0.29, 0.717) is 38.0 Å². The number of benzene rings is 2. The number of nitrogens with one attached hydrogen (secondary N) is 2. The number of methoxy groups -OCH3 is 1. The van der Waals surface area contributed by atoms with Gasteiger partial charge < -0.3 is 15.4 Å². The SMILES string of the molecule is COc1ccccc1CCC(=O)NC1Cc2cc(C(=O)NCc3ccccc3)nn2C1. The molecule has 0 radical (unpaired) electrons. The third-order valence-corrected chi connectivity index (χ3v) is 5.42. The second-order valence-electron chi connectivity index (χ2n) is 7.65. The fourth-order valence-corrected chi connectivity index (χ4v) is 3.84. The van der Waals surface area contributed by atoms with Gasteiger partial charge >= 0.3 is 0 Å². The highest BCUT2D eigenvalue weighted by Gasteiger charge is 2.26. The number of amides is 2. The van der Waals surface area contributed by atoms with Gasteiger partial charge in [0, 0.05) is 25.1 Å². The van der Waals surface area contributed by atoms with Crippen LogP contribution >= 0.6 is 0 Å².